The molecule has 0 saturated carbocycles. The summed E-state index contributed by atoms with van der Waals surface area (Å²) in [7, 11) is 1.45. The molecule has 2 aromatic carbocycles. The number of halogens is 2. The predicted molar refractivity (Wildman–Crippen MR) is 116 cm³/mol. The number of aromatic nitrogens is 1. The quantitative estimate of drug-likeness (QED) is 0.567. The van der Waals surface area contributed by atoms with Crippen LogP contribution in [0.5, 0.6) is 11.5 Å². The maximum atomic E-state index is 13.8. The van der Waals surface area contributed by atoms with Gasteiger partial charge in [0.2, 0.25) is 0 Å². The summed E-state index contributed by atoms with van der Waals surface area (Å²) in [4.78, 5) is 14.8. The SMILES string of the molecule is COc1ccc(F)cc1C(=O)N1CCC2(CC1)Oc1cc(Cl)ccc1-n1c(C#N)ccc12. The molecule has 0 N–H and O–H groups in total. The van der Waals surface area contributed by atoms with Crippen LogP contribution in [0.3, 0.4) is 0 Å². The molecular weight excluding hydrogens is 433 g/mol. The fourth-order valence-electron chi connectivity index (χ4n) is 4.60. The molecule has 0 unspecified atom stereocenters. The van der Waals surface area contributed by atoms with Crippen molar-refractivity contribution in [3.8, 4) is 23.3 Å². The van der Waals surface area contributed by atoms with Crippen LogP contribution in [0.15, 0.2) is 48.5 Å². The number of nitriles is 1. The minimum atomic E-state index is -0.699. The molecule has 1 saturated heterocycles. The van der Waals surface area contributed by atoms with Crippen molar-refractivity contribution in [2.24, 2.45) is 0 Å². The Bertz CT molecular complexity index is 1270. The smallest absolute Gasteiger partial charge is 0.257 e. The van der Waals surface area contributed by atoms with Gasteiger partial charge in [-0.05, 0) is 42.5 Å². The third-order valence-electron chi connectivity index (χ3n) is 6.18. The lowest BCUT2D eigenvalue weighted by molar-refractivity contribution is -0.00944. The van der Waals surface area contributed by atoms with Crippen LogP contribution < -0.4 is 9.47 Å². The number of nitrogens with zero attached hydrogens (tertiary/aromatic N) is 3. The van der Waals surface area contributed by atoms with Gasteiger partial charge in [-0.15, -0.1) is 0 Å². The molecule has 0 bridgehead atoms. The van der Waals surface area contributed by atoms with E-state index in [1.54, 1.807) is 23.1 Å². The lowest BCUT2D eigenvalue weighted by atomic mass is 9.86. The van der Waals surface area contributed by atoms with Crippen molar-refractivity contribution in [3.05, 3.63) is 76.3 Å². The number of piperidine rings is 1. The molecule has 0 atom stereocenters. The van der Waals surface area contributed by atoms with Crippen LogP contribution in [0, 0.1) is 17.1 Å². The highest BCUT2D eigenvalue weighted by Crippen LogP contribution is 2.46. The van der Waals surface area contributed by atoms with E-state index in [0.29, 0.717) is 48.1 Å². The average molecular weight is 452 g/mol. The van der Waals surface area contributed by atoms with Crippen LogP contribution in [0.25, 0.3) is 5.69 Å². The lowest BCUT2D eigenvalue weighted by Crippen LogP contribution is -2.50. The topological polar surface area (TPSA) is 67.5 Å². The van der Waals surface area contributed by atoms with Crippen LogP contribution in [-0.2, 0) is 5.60 Å². The van der Waals surface area contributed by atoms with E-state index in [-0.39, 0.29) is 11.5 Å². The summed E-state index contributed by atoms with van der Waals surface area (Å²) < 4.78 is 27.4. The molecule has 8 heteroatoms. The summed E-state index contributed by atoms with van der Waals surface area (Å²) >= 11 is 6.20. The molecule has 3 aromatic rings. The Labute approximate surface area is 189 Å². The number of carbonyl (C=O) groups excluding carboxylic acids is 1. The minimum Gasteiger partial charge on any atom is -0.496 e. The van der Waals surface area contributed by atoms with Gasteiger partial charge in [0.05, 0.1) is 24.1 Å². The second-order valence-electron chi connectivity index (χ2n) is 7.90. The van der Waals surface area contributed by atoms with Crippen LogP contribution in [0.2, 0.25) is 5.02 Å². The van der Waals surface area contributed by atoms with Crippen LogP contribution >= 0.6 is 11.6 Å². The van der Waals surface area contributed by atoms with E-state index in [1.165, 1.54) is 25.3 Å². The zero-order chi connectivity index (χ0) is 22.5. The number of methoxy groups -OCH3 is 1. The van der Waals surface area contributed by atoms with Gasteiger partial charge in [-0.2, -0.15) is 5.26 Å². The Hall–Kier alpha value is -3.50. The Morgan fingerprint density at radius 1 is 1.19 bits per heavy atom. The normalized spacial score (nSPS) is 16.0. The molecule has 1 amide bonds. The van der Waals surface area contributed by atoms with Crippen molar-refractivity contribution < 1.29 is 18.7 Å². The molecule has 2 aliphatic heterocycles. The summed E-state index contributed by atoms with van der Waals surface area (Å²) in [6.07, 6.45) is 1.02. The molecular formula is C24H19ClFN3O3. The number of ether oxygens (including phenoxy) is 2. The van der Waals surface area contributed by atoms with Crippen LogP contribution in [0.4, 0.5) is 4.39 Å². The molecule has 1 fully saturated rings. The third kappa shape index (κ3) is 3.10. The molecule has 0 aliphatic carbocycles. The fraction of sp³-hybridized carbons (Fsp3) is 0.250. The number of fused-ring (bicyclic) bond motifs is 4. The molecule has 5 rings (SSSR count). The maximum absolute atomic E-state index is 13.8. The van der Waals surface area contributed by atoms with E-state index in [1.807, 2.05) is 16.7 Å². The summed E-state index contributed by atoms with van der Waals surface area (Å²) in [6, 6.07) is 15.2. The molecule has 6 nitrogen and oxygen atoms in total. The second kappa shape index (κ2) is 7.57. The monoisotopic (exact) mass is 451 g/mol. The standard InChI is InChI=1S/C24H19ClFN3O3/c1-31-20-6-3-16(26)13-18(20)23(30)28-10-8-24(9-11-28)22-7-4-17(14-27)29(22)19-5-2-15(25)12-21(19)32-24/h2-7,12-13H,8-11H2,1H3. The Morgan fingerprint density at radius 3 is 2.69 bits per heavy atom. The summed E-state index contributed by atoms with van der Waals surface area (Å²) in [5, 5.41) is 10.2. The first-order valence-corrected chi connectivity index (χ1v) is 10.6. The first-order valence-electron chi connectivity index (χ1n) is 10.2. The van der Waals surface area contributed by atoms with Crippen molar-refractivity contribution in [3.63, 3.8) is 0 Å². The molecule has 1 aromatic heterocycles. The van der Waals surface area contributed by atoms with Gasteiger partial charge in [0.1, 0.15) is 29.1 Å². The Morgan fingerprint density at radius 2 is 1.97 bits per heavy atom. The van der Waals surface area contributed by atoms with Crippen molar-refractivity contribution in [2.75, 3.05) is 20.2 Å². The molecule has 0 radical (unpaired) electrons. The Kier molecular flexibility index (Phi) is 4.83. The van der Waals surface area contributed by atoms with E-state index in [0.717, 1.165) is 11.4 Å². The van der Waals surface area contributed by atoms with Crippen molar-refractivity contribution in [2.45, 2.75) is 18.4 Å². The number of hydrogen-bond donors (Lipinski definition) is 0. The van der Waals surface area contributed by atoms with Gasteiger partial charge >= 0.3 is 0 Å². The zero-order valence-electron chi connectivity index (χ0n) is 17.3. The van der Waals surface area contributed by atoms with E-state index in [4.69, 9.17) is 21.1 Å². The Balaban J connectivity index is 1.47. The third-order valence-corrected chi connectivity index (χ3v) is 6.42. The summed E-state index contributed by atoms with van der Waals surface area (Å²) in [6.45, 7) is 0.808. The van der Waals surface area contributed by atoms with Gasteiger partial charge in [0.25, 0.3) is 5.91 Å². The van der Waals surface area contributed by atoms with E-state index in [9.17, 15) is 14.4 Å². The van der Waals surface area contributed by atoms with E-state index in [2.05, 4.69) is 6.07 Å². The first-order chi connectivity index (χ1) is 15.5. The molecule has 32 heavy (non-hydrogen) atoms. The predicted octanol–water partition coefficient (Wildman–Crippen LogP) is 4.67. The van der Waals surface area contributed by atoms with Gasteiger partial charge < -0.3 is 14.4 Å². The number of rotatable bonds is 2. The van der Waals surface area contributed by atoms with Crippen LogP contribution in [0.1, 0.15) is 34.6 Å². The van der Waals surface area contributed by atoms with Gasteiger partial charge in [0, 0.05) is 37.0 Å². The van der Waals surface area contributed by atoms with Gasteiger partial charge in [-0.3, -0.25) is 9.36 Å². The highest BCUT2D eigenvalue weighted by Gasteiger charge is 2.45. The summed E-state index contributed by atoms with van der Waals surface area (Å²) in [5.74, 6) is 0.156. The number of carbonyl (C=O) groups is 1. The number of benzene rings is 2. The number of amides is 1. The van der Waals surface area contributed by atoms with Crippen molar-refractivity contribution in [1.29, 1.82) is 5.26 Å². The van der Waals surface area contributed by atoms with Crippen molar-refractivity contribution >= 4 is 17.5 Å². The zero-order valence-corrected chi connectivity index (χ0v) is 18.0. The van der Waals surface area contributed by atoms with Crippen LogP contribution in [-0.4, -0.2) is 35.6 Å². The molecule has 1 spiro atoms. The number of hydrogen-bond acceptors (Lipinski definition) is 4. The first kappa shape index (κ1) is 20.4. The van der Waals surface area contributed by atoms with Gasteiger partial charge in [-0.25, -0.2) is 4.39 Å². The van der Waals surface area contributed by atoms with Gasteiger partial charge in [-0.1, -0.05) is 11.6 Å². The summed E-state index contributed by atoms with van der Waals surface area (Å²) in [5.41, 5.74) is 1.64. The molecule has 3 heterocycles. The molecule has 2 aliphatic rings. The minimum absolute atomic E-state index is 0.195. The van der Waals surface area contributed by atoms with E-state index >= 15 is 0 Å². The number of likely N-dealkylation sites (tertiary alicyclic amines) is 1. The van der Waals surface area contributed by atoms with Crippen molar-refractivity contribution in [1.82, 2.24) is 9.47 Å². The highest BCUT2D eigenvalue weighted by atomic mass is 35.5. The maximum Gasteiger partial charge on any atom is 0.257 e. The van der Waals surface area contributed by atoms with E-state index < -0.39 is 11.4 Å². The molecule has 162 valence electrons. The average Bonchev–Trinajstić information content (AvgIpc) is 3.24. The van der Waals surface area contributed by atoms with Gasteiger partial charge in [0.15, 0.2) is 5.60 Å². The second-order valence-corrected chi connectivity index (χ2v) is 8.33. The lowest BCUT2D eigenvalue weighted by Gasteiger charge is -2.45. The highest BCUT2D eigenvalue weighted by molar-refractivity contribution is 6.30. The fourth-order valence-corrected chi connectivity index (χ4v) is 4.77. The largest absolute Gasteiger partial charge is 0.496 e.